The zero-order valence-electron chi connectivity index (χ0n) is 29.8. The molecule has 0 saturated heterocycles. The fourth-order valence-electron chi connectivity index (χ4n) is 8.60. The summed E-state index contributed by atoms with van der Waals surface area (Å²) in [6.07, 6.45) is 0. The minimum Gasteiger partial charge on any atom is -0.454 e. The smallest absolute Gasteiger partial charge is 0.159 e. The maximum atomic E-state index is 6.80. The van der Waals surface area contributed by atoms with E-state index in [1.54, 1.807) is 0 Å². The van der Waals surface area contributed by atoms with Crippen LogP contribution in [0.2, 0.25) is 0 Å². The predicted octanol–water partition coefficient (Wildman–Crippen LogP) is 14.4. The molecule has 0 spiro atoms. The Morgan fingerprint density at radius 2 is 0.981 bits per heavy atom. The quantitative estimate of drug-likeness (QED) is 0.174. The predicted molar refractivity (Wildman–Crippen MR) is 222 cm³/mol. The summed E-state index contributed by atoms with van der Waals surface area (Å²) in [6, 6.07) is 67.9. The fraction of sp³-hybridized carbons (Fsp3) is 0.0588. The number of nitrogens with zero attached hydrogens (tertiary/aromatic N) is 1. The van der Waals surface area contributed by atoms with Crippen molar-refractivity contribution in [3.05, 3.63) is 199 Å². The van der Waals surface area contributed by atoms with Crippen LogP contribution in [0.15, 0.2) is 192 Å². The van der Waals surface area contributed by atoms with Crippen molar-refractivity contribution in [2.24, 2.45) is 0 Å². The molecule has 0 fully saturated rings. The van der Waals surface area contributed by atoms with Crippen LogP contribution < -0.4 is 4.90 Å². The first-order valence-corrected chi connectivity index (χ1v) is 18.4. The first-order chi connectivity index (χ1) is 26.1. The van der Waals surface area contributed by atoms with Gasteiger partial charge in [0.25, 0.3) is 0 Å². The van der Waals surface area contributed by atoms with E-state index in [0.29, 0.717) is 0 Å². The zero-order valence-corrected chi connectivity index (χ0v) is 29.8. The van der Waals surface area contributed by atoms with Crippen molar-refractivity contribution in [3.8, 4) is 44.5 Å². The molecule has 0 aliphatic heterocycles. The number of benzene rings is 8. The summed E-state index contributed by atoms with van der Waals surface area (Å²) in [5, 5.41) is 2.21. The van der Waals surface area contributed by atoms with Crippen LogP contribution >= 0.6 is 0 Å². The van der Waals surface area contributed by atoms with Gasteiger partial charge in [0.2, 0.25) is 0 Å². The highest BCUT2D eigenvalue weighted by Crippen LogP contribution is 2.53. The van der Waals surface area contributed by atoms with Crippen molar-refractivity contribution in [1.29, 1.82) is 0 Å². The average Bonchev–Trinajstić information content (AvgIpc) is 3.71. The number of furan rings is 1. The van der Waals surface area contributed by atoms with Crippen LogP contribution in [-0.2, 0) is 5.41 Å². The molecule has 252 valence electrons. The molecule has 0 atom stereocenters. The Bertz CT molecular complexity index is 2810. The van der Waals surface area contributed by atoms with E-state index in [1.165, 1.54) is 50.1 Å². The van der Waals surface area contributed by atoms with Crippen LogP contribution in [0.5, 0.6) is 0 Å². The van der Waals surface area contributed by atoms with Gasteiger partial charge in [-0.05, 0) is 80.4 Å². The maximum Gasteiger partial charge on any atom is 0.159 e. The van der Waals surface area contributed by atoms with E-state index in [4.69, 9.17) is 4.42 Å². The number of hydrogen-bond donors (Lipinski definition) is 0. The van der Waals surface area contributed by atoms with Crippen molar-refractivity contribution in [2.45, 2.75) is 19.3 Å². The Hall–Kier alpha value is -6.64. The Balaban J connectivity index is 1.32. The van der Waals surface area contributed by atoms with Gasteiger partial charge in [-0.3, -0.25) is 0 Å². The molecule has 1 aliphatic carbocycles. The van der Waals surface area contributed by atoms with Gasteiger partial charge in [0, 0.05) is 27.4 Å². The van der Waals surface area contributed by atoms with Crippen LogP contribution in [0, 0.1) is 0 Å². The summed E-state index contributed by atoms with van der Waals surface area (Å²) in [5.41, 5.74) is 17.1. The minimum atomic E-state index is -0.0962. The molecule has 0 unspecified atom stereocenters. The second kappa shape index (κ2) is 12.3. The maximum absolute atomic E-state index is 6.80. The molecule has 1 heterocycles. The first-order valence-electron chi connectivity index (χ1n) is 18.4. The third kappa shape index (κ3) is 4.94. The summed E-state index contributed by atoms with van der Waals surface area (Å²) < 4.78 is 6.80. The molecule has 0 radical (unpaired) electrons. The van der Waals surface area contributed by atoms with Crippen LogP contribution in [0.25, 0.3) is 66.4 Å². The Morgan fingerprint density at radius 1 is 0.415 bits per heavy atom. The standard InChI is InChI=1S/C51H37NO/c1-51(2)44-27-13-11-22-39(44)43-33-36(31-32-45(43)51)52(47-29-16-26-42-40-23-12-14-30-48(40)53-50(42)47)46-28-15-25-38(35-19-7-4-8-20-35)49(46)41-24-10-9-21-37(41)34-17-5-3-6-18-34/h3-33H,1-2H3. The van der Waals surface area contributed by atoms with E-state index in [2.05, 4.69) is 201 Å². The number of anilines is 3. The van der Waals surface area contributed by atoms with Gasteiger partial charge in [-0.15, -0.1) is 0 Å². The summed E-state index contributed by atoms with van der Waals surface area (Å²) in [4.78, 5) is 2.43. The van der Waals surface area contributed by atoms with Gasteiger partial charge in [-0.25, -0.2) is 0 Å². The molecule has 0 amide bonds. The van der Waals surface area contributed by atoms with E-state index in [-0.39, 0.29) is 5.41 Å². The molecule has 10 rings (SSSR count). The molecule has 0 bridgehead atoms. The van der Waals surface area contributed by atoms with Gasteiger partial charge in [0.05, 0.1) is 11.4 Å². The normalized spacial score (nSPS) is 12.9. The van der Waals surface area contributed by atoms with Crippen molar-refractivity contribution < 1.29 is 4.42 Å². The third-order valence-electron chi connectivity index (χ3n) is 11.1. The van der Waals surface area contributed by atoms with Gasteiger partial charge in [0.1, 0.15) is 5.58 Å². The van der Waals surface area contributed by atoms with E-state index in [9.17, 15) is 0 Å². The lowest BCUT2D eigenvalue weighted by atomic mass is 9.82. The molecule has 8 aromatic carbocycles. The SMILES string of the molecule is CC1(C)c2ccccc2-c2cc(N(c3cccc(-c4ccccc4)c3-c3ccccc3-c3ccccc3)c3cccc4c3oc3ccccc34)ccc21. The highest BCUT2D eigenvalue weighted by molar-refractivity contribution is 6.11. The highest BCUT2D eigenvalue weighted by Gasteiger charge is 2.36. The van der Waals surface area contributed by atoms with E-state index >= 15 is 0 Å². The van der Waals surface area contributed by atoms with E-state index in [1.807, 2.05) is 6.07 Å². The topological polar surface area (TPSA) is 16.4 Å². The fourth-order valence-corrected chi connectivity index (χ4v) is 8.60. The molecule has 0 saturated carbocycles. The van der Waals surface area contributed by atoms with Gasteiger partial charge < -0.3 is 9.32 Å². The van der Waals surface area contributed by atoms with Crippen molar-refractivity contribution in [3.63, 3.8) is 0 Å². The Morgan fingerprint density at radius 3 is 1.77 bits per heavy atom. The molecule has 1 aliphatic rings. The van der Waals surface area contributed by atoms with Crippen molar-refractivity contribution in [2.75, 3.05) is 4.90 Å². The molecular formula is C51H37NO. The summed E-state index contributed by atoms with van der Waals surface area (Å²) in [6.45, 7) is 4.68. The molecule has 0 N–H and O–H groups in total. The van der Waals surface area contributed by atoms with Crippen LogP contribution in [0.4, 0.5) is 17.1 Å². The highest BCUT2D eigenvalue weighted by atomic mass is 16.3. The minimum absolute atomic E-state index is 0.0962. The second-order valence-corrected chi connectivity index (χ2v) is 14.5. The van der Waals surface area contributed by atoms with Crippen LogP contribution in [-0.4, -0.2) is 0 Å². The largest absolute Gasteiger partial charge is 0.454 e. The Kier molecular flexibility index (Phi) is 7.19. The number of hydrogen-bond acceptors (Lipinski definition) is 2. The van der Waals surface area contributed by atoms with Gasteiger partial charge in [-0.1, -0.05) is 172 Å². The monoisotopic (exact) mass is 679 g/mol. The van der Waals surface area contributed by atoms with Crippen LogP contribution in [0.3, 0.4) is 0 Å². The first kappa shape index (κ1) is 31.1. The second-order valence-electron chi connectivity index (χ2n) is 14.5. The van der Waals surface area contributed by atoms with Gasteiger partial charge >= 0.3 is 0 Å². The van der Waals surface area contributed by atoms with Crippen molar-refractivity contribution in [1.82, 2.24) is 0 Å². The lowest BCUT2D eigenvalue weighted by Crippen LogP contribution is -2.15. The molecule has 9 aromatic rings. The third-order valence-corrected chi connectivity index (χ3v) is 11.1. The summed E-state index contributed by atoms with van der Waals surface area (Å²) in [5.74, 6) is 0. The molecule has 53 heavy (non-hydrogen) atoms. The zero-order chi connectivity index (χ0) is 35.5. The van der Waals surface area contributed by atoms with Crippen LogP contribution in [0.1, 0.15) is 25.0 Å². The van der Waals surface area contributed by atoms with E-state index in [0.717, 1.165) is 44.6 Å². The molecule has 1 aromatic heterocycles. The van der Waals surface area contributed by atoms with Gasteiger partial charge in [-0.2, -0.15) is 0 Å². The number of fused-ring (bicyclic) bond motifs is 6. The number of rotatable bonds is 6. The lowest BCUT2D eigenvalue weighted by Gasteiger charge is -2.30. The average molecular weight is 680 g/mol. The molecular weight excluding hydrogens is 643 g/mol. The summed E-state index contributed by atoms with van der Waals surface area (Å²) in [7, 11) is 0. The Labute approximate surface area is 310 Å². The summed E-state index contributed by atoms with van der Waals surface area (Å²) >= 11 is 0. The van der Waals surface area contributed by atoms with E-state index < -0.39 is 0 Å². The molecule has 2 heteroatoms. The lowest BCUT2D eigenvalue weighted by molar-refractivity contribution is 0.660. The van der Waals surface area contributed by atoms with Crippen molar-refractivity contribution >= 4 is 39.0 Å². The number of para-hydroxylation sites is 2. The van der Waals surface area contributed by atoms with Gasteiger partial charge in [0.15, 0.2) is 5.58 Å². The molecule has 2 nitrogen and oxygen atoms in total.